The lowest BCUT2D eigenvalue weighted by molar-refractivity contribution is -0.193. The van der Waals surface area contributed by atoms with Crippen LogP contribution in [0.2, 0.25) is 0 Å². The summed E-state index contributed by atoms with van der Waals surface area (Å²) in [5.74, 6) is -4.51. The molecule has 2 aliphatic heterocycles. The fraction of sp³-hybridized carbons (Fsp3) is 0.500. The number of rotatable bonds is 6. The van der Waals surface area contributed by atoms with Crippen LogP contribution in [0.15, 0.2) is 47.3 Å². The van der Waals surface area contributed by atoms with Gasteiger partial charge in [-0.2, -0.15) is 26.3 Å². The van der Waals surface area contributed by atoms with Crippen molar-refractivity contribution in [3.63, 3.8) is 0 Å². The maximum atomic E-state index is 12.4. The summed E-state index contributed by atoms with van der Waals surface area (Å²) in [5.41, 5.74) is 1.18. The van der Waals surface area contributed by atoms with Gasteiger partial charge in [-0.3, -0.25) is 14.7 Å². The molecule has 222 valence electrons. The average Bonchev–Trinajstić information content (AvgIpc) is 3.54. The first-order valence-corrected chi connectivity index (χ1v) is 11.9. The number of hydrogen-bond donors (Lipinski definition) is 3. The number of furan rings is 1. The number of aromatic nitrogens is 1. The molecule has 2 saturated heterocycles. The molecular formula is C24H27F6N3O7. The van der Waals surface area contributed by atoms with E-state index in [0.717, 1.165) is 44.5 Å². The van der Waals surface area contributed by atoms with Crippen LogP contribution in [0.4, 0.5) is 26.3 Å². The number of aliphatic carboxylic acids is 2. The first-order chi connectivity index (χ1) is 18.7. The topological polar surface area (TPSA) is 142 Å². The zero-order valence-corrected chi connectivity index (χ0v) is 20.8. The Labute approximate surface area is 223 Å². The minimum Gasteiger partial charge on any atom is -0.475 e. The second kappa shape index (κ2) is 14.6. The van der Waals surface area contributed by atoms with E-state index in [9.17, 15) is 31.1 Å². The Bertz CT molecular complexity index is 1060. The van der Waals surface area contributed by atoms with E-state index < -0.39 is 24.3 Å². The number of hydrogen-bond acceptors (Lipinski definition) is 7. The number of carbonyl (C=O) groups is 3. The van der Waals surface area contributed by atoms with Crippen molar-refractivity contribution in [1.29, 1.82) is 0 Å². The van der Waals surface area contributed by atoms with Gasteiger partial charge in [-0.15, -0.1) is 0 Å². The number of nitrogens with zero attached hydrogens (tertiary/aromatic N) is 2. The van der Waals surface area contributed by atoms with Crippen molar-refractivity contribution >= 4 is 17.8 Å². The minimum absolute atomic E-state index is 0.0157. The van der Waals surface area contributed by atoms with Gasteiger partial charge in [0, 0.05) is 31.5 Å². The molecule has 0 aliphatic carbocycles. The second-order valence-corrected chi connectivity index (χ2v) is 8.65. The van der Waals surface area contributed by atoms with Gasteiger partial charge in [0.05, 0.1) is 18.9 Å². The van der Waals surface area contributed by atoms with Gasteiger partial charge >= 0.3 is 24.3 Å². The molecule has 0 unspecified atom stereocenters. The number of pyridine rings is 1. The van der Waals surface area contributed by atoms with E-state index in [0.29, 0.717) is 12.6 Å². The van der Waals surface area contributed by atoms with E-state index >= 15 is 0 Å². The Morgan fingerprint density at radius 1 is 0.975 bits per heavy atom. The van der Waals surface area contributed by atoms with E-state index in [2.05, 4.69) is 15.2 Å². The van der Waals surface area contributed by atoms with Crippen LogP contribution in [0.5, 0.6) is 0 Å². The van der Waals surface area contributed by atoms with Crippen molar-refractivity contribution in [1.82, 2.24) is 15.2 Å². The molecule has 2 aliphatic rings. The fourth-order valence-corrected chi connectivity index (χ4v) is 4.00. The van der Waals surface area contributed by atoms with Crippen molar-refractivity contribution < 1.29 is 60.1 Å². The van der Waals surface area contributed by atoms with Crippen LogP contribution >= 0.6 is 0 Å². The minimum atomic E-state index is -5.08. The fourth-order valence-electron chi connectivity index (χ4n) is 4.00. The lowest BCUT2D eigenvalue weighted by Crippen LogP contribution is -2.47. The van der Waals surface area contributed by atoms with Crippen molar-refractivity contribution in [2.45, 2.75) is 62.8 Å². The number of carbonyl (C=O) groups excluding carboxylic acids is 1. The molecule has 1 amide bonds. The standard InChI is InChI=1S/C20H25N3O3.2C2HF3O2/c24-20(22-11-7-15-5-9-21-10-6-15)19-4-3-17-18(26-19)8-12-23(17)14-16-2-1-13-25-16;2*3-2(4,5)1(6)7/h1-2,5-6,9-10,13,17-19H,3-4,7-8,11-12,14H2,(H,22,24);2*(H,6,7)/t17-,18-,19+;;/m1../s1. The number of halogens is 6. The highest BCUT2D eigenvalue weighted by Crippen LogP contribution is 2.32. The first kappa shape index (κ1) is 32.6. The molecule has 0 radical (unpaired) electrons. The van der Waals surface area contributed by atoms with Crippen LogP contribution in [0.1, 0.15) is 30.6 Å². The Balaban J connectivity index is 0.000000333. The lowest BCUT2D eigenvalue weighted by Gasteiger charge is -2.35. The summed E-state index contributed by atoms with van der Waals surface area (Å²) < 4.78 is 75.1. The van der Waals surface area contributed by atoms with Crippen molar-refractivity contribution in [3.8, 4) is 0 Å². The number of carboxylic acids is 2. The highest BCUT2D eigenvalue weighted by Gasteiger charge is 2.42. The van der Waals surface area contributed by atoms with Crippen molar-refractivity contribution in [2.75, 3.05) is 13.1 Å². The van der Waals surface area contributed by atoms with E-state index in [4.69, 9.17) is 29.0 Å². The highest BCUT2D eigenvalue weighted by molar-refractivity contribution is 5.80. The molecule has 3 atom stereocenters. The maximum Gasteiger partial charge on any atom is 0.490 e. The molecule has 4 rings (SSSR count). The number of amides is 1. The van der Waals surface area contributed by atoms with E-state index in [1.165, 1.54) is 5.56 Å². The molecule has 0 bridgehead atoms. The number of nitrogens with one attached hydrogen (secondary N) is 1. The Hall–Kier alpha value is -3.66. The Morgan fingerprint density at radius 3 is 2.10 bits per heavy atom. The SMILES string of the molecule is O=C(NCCc1ccncc1)[C@@H]1CC[C@@H]2[C@@H](CCN2Cc2ccco2)O1.O=C(O)C(F)(F)F.O=C(O)C(F)(F)F. The highest BCUT2D eigenvalue weighted by atomic mass is 19.4. The van der Waals surface area contributed by atoms with Crippen LogP contribution in [-0.2, 0) is 32.1 Å². The number of ether oxygens (including phenoxy) is 1. The summed E-state index contributed by atoms with van der Waals surface area (Å²) in [6, 6.07) is 8.27. The number of likely N-dealkylation sites (tertiary alicyclic amines) is 1. The van der Waals surface area contributed by atoms with Gasteiger partial charge < -0.3 is 24.7 Å². The molecule has 2 aromatic heterocycles. The largest absolute Gasteiger partial charge is 0.490 e. The third-order valence-corrected chi connectivity index (χ3v) is 5.84. The van der Waals surface area contributed by atoms with Crippen molar-refractivity contribution in [3.05, 3.63) is 54.2 Å². The summed E-state index contributed by atoms with van der Waals surface area (Å²) in [4.78, 5) is 36.7. The third-order valence-electron chi connectivity index (χ3n) is 5.84. The van der Waals surface area contributed by atoms with Gasteiger partial charge in [0.15, 0.2) is 0 Å². The Kier molecular flexibility index (Phi) is 11.9. The summed E-state index contributed by atoms with van der Waals surface area (Å²) in [5, 5.41) is 17.3. The second-order valence-electron chi connectivity index (χ2n) is 8.65. The van der Waals surface area contributed by atoms with Crippen molar-refractivity contribution in [2.24, 2.45) is 0 Å². The van der Waals surface area contributed by atoms with Crippen LogP contribution in [0.3, 0.4) is 0 Å². The number of fused-ring (bicyclic) bond motifs is 1. The lowest BCUT2D eigenvalue weighted by atomic mass is 9.98. The zero-order valence-electron chi connectivity index (χ0n) is 20.8. The van der Waals surface area contributed by atoms with Gasteiger partial charge in [-0.05, 0) is 55.5 Å². The summed E-state index contributed by atoms with van der Waals surface area (Å²) in [6.07, 6.45) is -1.52. The molecule has 2 aromatic rings. The van der Waals surface area contributed by atoms with Gasteiger partial charge in [-0.25, -0.2) is 9.59 Å². The number of carboxylic acid groups (broad SMARTS) is 2. The predicted octanol–water partition coefficient (Wildman–Crippen LogP) is 3.42. The van der Waals surface area contributed by atoms with Crippen LogP contribution in [0, 0.1) is 0 Å². The zero-order chi connectivity index (χ0) is 29.9. The predicted molar refractivity (Wildman–Crippen MR) is 124 cm³/mol. The van der Waals surface area contributed by atoms with Crippen LogP contribution in [0.25, 0.3) is 0 Å². The molecule has 16 heteroatoms. The molecule has 2 fully saturated rings. The average molecular weight is 583 g/mol. The third kappa shape index (κ3) is 10.8. The molecule has 40 heavy (non-hydrogen) atoms. The molecule has 0 aromatic carbocycles. The first-order valence-electron chi connectivity index (χ1n) is 11.9. The Morgan fingerprint density at radius 2 is 1.57 bits per heavy atom. The van der Waals surface area contributed by atoms with E-state index in [1.807, 2.05) is 24.3 Å². The molecular weight excluding hydrogens is 556 g/mol. The van der Waals surface area contributed by atoms with Gasteiger partial charge in [0.1, 0.15) is 11.9 Å². The summed E-state index contributed by atoms with van der Waals surface area (Å²) in [7, 11) is 0. The van der Waals surface area contributed by atoms with Crippen LogP contribution < -0.4 is 5.32 Å². The van der Waals surface area contributed by atoms with Gasteiger partial charge in [0.2, 0.25) is 5.91 Å². The normalized spacial score (nSPS) is 20.7. The molecule has 0 spiro atoms. The maximum absolute atomic E-state index is 12.4. The van der Waals surface area contributed by atoms with Crippen LogP contribution in [-0.4, -0.2) is 81.6 Å². The summed E-state index contributed by atoms with van der Waals surface area (Å²) >= 11 is 0. The molecule has 10 nitrogen and oxygen atoms in total. The molecule has 0 saturated carbocycles. The van der Waals surface area contributed by atoms with E-state index in [-0.39, 0.29) is 18.1 Å². The monoisotopic (exact) mass is 583 g/mol. The smallest absolute Gasteiger partial charge is 0.475 e. The molecule has 4 heterocycles. The van der Waals surface area contributed by atoms with Gasteiger partial charge in [0.25, 0.3) is 0 Å². The molecule has 3 N–H and O–H groups in total. The quantitative estimate of drug-likeness (QED) is 0.436. The van der Waals surface area contributed by atoms with E-state index in [1.54, 1.807) is 18.7 Å². The number of alkyl halides is 6. The van der Waals surface area contributed by atoms with Gasteiger partial charge in [-0.1, -0.05) is 0 Å². The summed E-state index contributed by atoms with van der Waals surface area (Å²) in [6.45, 7) is 2.44.